The van der Waals surface area contributed by atoms with Crippen molar-refractivity contribution >= 4 is 52.8 Å². The molecule has 0 saturated carbocycles. The van der Waals surface area contributed by atoms with Gasteiger partial charge in [-0.05, 0) is 67.4 Å². The lowest BCUT2D eigenvalue weighted by atomic mass is 10.2. The van der Waals surface area contributed by atoms with Gasteiger partial charge in [0.05, 0.1) is 20.8 Å². The summed E-state index contributed by atoms with van der Waals surface area (Å²) in [5.74, 6) is 0.709. The molecule has 40 heavy (non-hydrogen) atoms. The molecule has 11 nitrogen and oxygen atoms in total. The summed E-state index contributed by atoms with van der Waals surface area (Å²) < 4.78 is 56.6. The second-order valence-corrected chi connectivity index (χ2v) is 14.7. The Morgan fingerprint density at radius 3 is 2.65 bits per heavy atom. The lowest BCUT2D eigenvalue weighted by molar-refractivity contribution is 0.476. The summed E-state index contributed by atoms with van der Waals surface area (Å²) in [7, 11) is -6.84. The van der Waals surface area contributed by atoms with Crippen LogP contribution in [-0.4, -0.2) is 72.1 Å². The van der Waals surface area contributed by atoms with Crippen molar-refractivity contribution in [2.45, 2.75) is 45.1 Å². The molecule has 3 aromatic heterocycles. The number of anilines is 1. The number of pyridine rings is 1. The fourth-order valence-corrected chi connectivity index (χ4v) is 7.78. The molecule has 0 bridgehead atoms. The smallest absolute Gasteiger partial charge is 0.240 e. The monoisotopic (exact) mass is 649 g/mol. The van der Waals surface area contributed by atoms with Gasteiger partial charge in [0.25, 0.3) is 0 Å². The number of sulfonamides is 2. The fraction of sp³-hybridized carbons (Fsp3) is 0.385. The molecule has 4 aromatic rings. The highest BCUT2D eigenvalue weighted by Crippen LogP contribution is 2.34. The molecular weight excluding hydrogens is 618 g/mol. The molecule has 214 valence electrons. The van der Waals surface area contributed by atoms with E-state index in [0.717, 1.165) is 32.8 Å². The van der Waals surface area contributed by atoms with Gasteiger partial charge in [-0.1, -0.05) is 13.0 Å². The highest BCUT2D eigenvalue weighted by Gasteiger charge is 2.31. The number of nitrogens with zero attached hydrogens (tertiary/aromatic N) is 4. The molecular formula is C26H32BrN7O4S2. The number of imidazole rings is 1. The minimum atomic E-state index is -3.60. The molecule has 1 fully saturated rings. The summed E-state index contributed by atoms with van der Waals surface area (Å²) >= 11 is 3.58. The minimum Gasteiger partial charge on any atom is -0.378 e. The van der Waals surface area contributed by atoms with Gasteiger partial charge in [-0.3, -0.25) is 0 Å². The molecule has 1 aliphatic heterocycles. The molecule has 5 rings (SSSR count). The van der Waals surface area contributed by atoms with Crippen molar-refractivity contribution in [3.05, 3.63) is 52.4 Å². The van der Waals surface area contributed by atoms with Crippen molar-refractivity contribution in [2.24, 2.45) is 0 Å². The van der Waals surface area contributed by atoms with Crippen LogP contribution in [0, 0.1) is 13.8 Å². The zero-order valence-corrected chi connectivity index (χ0v) is 25.9. The number of H-pyrrole nitrogens is 1. The Bertz CT molecular complexity index is 1800. The second-order valence-electron chi connectivity index (χ2n) is 9.77. The highest BCUT2D eigenvalue weighted by atomic mass is 79.9. The van der Waals surface area contributed by atoms with Crippen LogP contribution in [0.3, 0.4) is 0 Å². The van der Waals surface area contributed by atoms with Crippen molar-refractivity contribution in [1.82, 2.24) is 28.5 Å². The first kappa shape index (κ1) is 28.7. The third kappa shape index (κ3) is 5.30. The molecule has 4 heterocycles. The summed E-state index contributed by atoms with van der Waals surface area (Å²) in [6, 6.07) is 8.79. The summed E-state index contributed by atoms with van der Waals surface area (Å²) in [4.78, 5) is 12.9. The van der Waals surface area contributed by atoms with E-state index in [1.165, 1.54) is 4.31 Å². The van der Waals surface area contributed by atoms with Gasteiger partial charge >= 0.3 is 0 Å². The van der Waals surface area contributed by atoms with E-state index in [2.05, 4.69) is 35.9 Å². The predicted octanol–water partition coefficient (Wildman–Crippen LogP) is 3.93. The Hall–Kier alpha value is -2.78. The molecule has 3 N–H and O–H groups in total. The number of hydrogen-bond donors (Lipinski definition) is 3. The number of benzene rings is 1. The normalized spacial score (nSPS) is 16.7. The largest absolute Gasteiger partial charge is 0.378 e. The number of aromatic amines is 1. The molecule has 1 aliphatic rings. The number of nitrogens with one attached hydrogen (secondary N) is 3. The van der Waals surface area contributed by atoms with Crippen molar-refractivity contribution in [3.8, 4) is 17.1 Å². The lowest BCUT2D eigenvalue weighted by Gasteiger charge is -2.17. The summed E-state index contributed by atoms with van der Waals surface area (Å²) in [6.45, 7) is 8.51. The Labute approximate surface area is 242 Å². The van der Waals surface area contributed by atoms with Gasteiger partial charge < -0.3 is 14.9 Å². The van der Waals surface area contributed by atoms with Crippen LogP contribution in [0.15, 0.2) is 45.9 Å². The van der Waals surface area contributed by atoms with Crippen LogP contribution in [0.4, 0.5) is 5.69 Å². The molecule has 0 aliphatic carbocycles. The van der Waals surface area contributed by atoms with E-state index in [9.17, 15) is 16.8 Å². The van der Waals surface area contributed by atoms with E-state index in [1.54, 1.807) is 38.2 Å². The van der Waals surface area contributed by atoms with E-state index in [1.807, 2.05) is 30.5 Å². The summed E-state index contributed by atoms with van der Waals surface area (Å²) in [5, 5.41) is 3.49. The number of fused-ring (bicyclic) bond motifs is 1. The molecule has 14 heteroatoms. The maximum atomic E-state index is 12.6. The van der Waals surface area contributed by atoms with Crippen LogP contribution in [0.25, 0.3) is 28.2 Å². The van der Waals surface area contributed by atoms with E-state index in [4.69, 9.17) is 4.98 Å². The molecule has 0 radical (unpaired) electrons. The molecule has 1 aromatic carbocycles. The number of aryl methyl sites for hydroxylation is 1. The van der Waals surface area contributed by atoms with Crippen molar-refractivity contribution in [3.63, 3.8) is 0 Å². The van der Waals surface area contributed by atoms with E-state index >= 15 is 0 Å². The van der Waals surface area contributed by atoms with Crippen LogP contribution in [0.2, 0.25) is 0 Å². The number of rotatable bonds is 9. The van der Waals surface area contributed by atoms with E-state index in [0.29, 0.717) is 43.0 Å². The molecule has 0 spiro atoms. The van der Waals surface area contributed by atoms with Gasteiger partial charge in [-0.15, -0.1) is 0 Å². The predicted molar refractivity (Wildman–Crippen MR) is 160 cm³/mol. The number of halogens is 1. The van der Waals surface area contributed by atoms with E-state index in [-0.39, 0.29) is 16.7 Å². The quantitative estimate of drug-likeness (QED) is 0.249. The summed E-state index contributed by atoms with van der Waals surface area (Å²) in [5.41, 5.74) is 5.39. The maximum Gasteiger partial charge on any atom is 0.240 e. The minimum absolute atomic E-state index is 0.0563. The van der Waals surface area contributed by atoms with Crippen LogP contribution >= 0.6 is 15.9 Å². The zero-order chi connectivity index (χ0) is 28.8. The first-order valence-corrected chi connectivity index (χ1v) is 16.9. The topological polar surface area (TPSA) is 142 Å². The van der Waals surface area contributed by atoms with Gasteiger partial charge in [0.1, 0.15) is 11.3 Å². The van der Waals surface area contributed by atoms with Crippen molar-refractivity contribution in [2.75, 3.05) is 30.7 Å². The Kier molecular flexibility index (Phi) is 7.83. The fourth-order valence-electron chi connectivity index (χ4n) is 5.14. The van der Waals surface area contributed by atoms with Gasteiger partial charge in [-0.2, -0.15) is 4.31 Å². The zero-order valence-electron chi connectivity index (χ0n) is 22.7. The number of aromatic nitrogens is 4. The first-order valence-electron chi connectivity index (χ1n) is 13.0. The van der Waals surface area contributed by atoms with Crippen LogP contribution in [-0.2, 0) is 20.0 Å². The van der Waals surface area contributed by atoms with E-state index < -0.39 is 20.0 Å². The first-order chi connectivity index (χ1) is 18.9. The molecule has 1 atom stereocenters. The maximum absolute atomic E-state index is 12.6. The Morgan fingerprint density at radius 2 is 1.93 bits per heavy atom. The van der Waals surface area contributed by atoms with Crippen LogP contribution in [0.5, 0.6) is 0 Å². The third-order valence-corrected chi connectivity index (χ3v) is 11.1. The van der Waals surface area contributed by atoms with Crippen LogP contribution < -0.4 is 10.0 Å². The Morgan fingerprint density at radius 1 is 1.15 bits per heavy atom. The third-order valence-electron chi connectivity index (χ3n) is 7.13. The highest BCUT2D eigenvalue weighted by molar-refractivity contribution is 9.10. The lowest BCUT2D eigenvalue weighted by Crippen LogP contribution is -2.32. The van der Waals surface area contributed by atoms with Crippen molar-refractivity contribution < 1.29 is 16.8 Å². The molecule has 0 unspecified atom stereocenters. The summed E-state index contributed by atoms with van der Waals surface area (Å²) in [6.07, 6.45) is 2.39. The van der Waals surface area contributed by atoms with Gasteiger partial charge in [0.2, 0.25) is 20.0 Å². The standard InChI is InChI=1S/C26H32BrN7O4S2/c1-5-29-40(37,38)20-9-7-8-19(13-20)34-16(3)12-21(17(34)4)25-31-24-23(22(27)14-28-26(24)32-25)30-18-10-11-33(15-18)39(35,36)6-2/h7-9,12-14,18,29H,5-6,10-11,15H2,1-4H3,(H2,28,30,31,32)/t18-/m0/s1. The van der Waals surface area contributed by atoms with Gasteiger partial charge in [0, 0.05) is 54.5 Å². The second kappa shape index (κ2) is 10.9. The average molecular weight is 651 g/mol. The molecule has 0 amide bonds. The average Bonchev–Trinajstić information content (AvgIpc) is 3.63. The SMILES string of the molecule is CCNS(=O)(=O)c1cccc(-n2c(C)cc(-c3nc4c(N[C@H]5CCN(S(=O)(=O)CC)C5)c(Br)cnc4[nH]3)c2C)c1. The van der Waals surface area contributed by atoms with Gasteiger partial charge in [0.15, 0.2) is 5.65 Å². The molecule has 1 saturated heterocycles. The van der Waals surface area contributed by atoms with Crippen LogP contribution in [0.1, 0.15) is 31.7 Å². The van der Waals surface area contributed by atoms with Crippen molar-refractivity contribution in [1.29, 1.82) is 0 Å². The number of hydrogen-bond acceptors (Lipinski definition) is 7. The van der Waals surface area contributed by atoms with Gasteiger partial charge in [-0.25, -0.2) is 31.5 Å². The Balaban J connectivity index is 1.50.